The van der Waals surface area contributed by atoms with Crippen LogP contribution in [0.1, 0.15) is 26.3 Å². The van der Waals surface area contributed by atoms with Crippen LogP contribution in [0.3, 0.4) is 0 Å². The van der Waals surface area contributed by atoms with E-state index in [1.807, 2.05) is 0 Å². The van der Waals surface area contributed by atoms with Gasteiger partial charge in [0.2, 0.25) is 6.17 Å². The molecule has 0 bridgehead atoms. The maximum absolute atomic E-state index is 14.3. The molecule has 1 aromatic carbocycles. The van der Waals surface area contributed by atoms with Gasteiger partial charge in [-0.15, -0.1) is 0 Å². The fourth-order valence-corrected chi connectivity index (χ4v) is 2.67. The van der Waals surface area contributed by atoms with Gasteiger partial charge in [-0.2, -0.15) is 0 Å². The number of carbonyl (C=O) groups is 1. The van der Waals surface area contributed by atoms with E-state index in [0.29, 0.717) is 0 Å². The number of halogens is 3. The van der Waals surface area contributed by atoms with E-state index in [0.717, 1.165) is 12.1 Å². The van der Waals surface area contributed by atoms with E-state index in [4.69, 9.17) is 5.11 Å². The van der Waals surface area contributed by atoms with E-state index in [-0.39, 0.29) is 0 Å². The van der Waals surface area contributed by atoms with Gasteiger partial charge in [-0.3, -0.25) is 0 Å². The number of rotatable bonds is 6. The lowest BCUT2D eigenvalue weighted by Crippen LogP contribution is -2.58. The summed E-state index contributed by atoms with van der Waals surface area (Å²) in [5, 5.41) is 8.91. The third-order valence-electron chi connectivity index (χ3n) is 3.05. The van der Waals surface area contributed by atoms with E-state index in [1.165, 1.54) is 32.9 Å². The van der Waals surface area contributed by atoms with Gasteiger partial charge in [0.15, 0.2) is 0 Å². The normalized spacial score (nSPS) is 17.5. The average molecular weight is 337 g/mol. The monoisotopic (exact) mass is 337 g/mol. The molecule has 0 aromatic heterocycles. The molecule has 0 saturated carbocycles. The summed E-state index contributed by atoms with van der Waals surface area (Å²) in [4.78, 5) is 11.0. The van der Waals surface area contributed by atoms with E-state index in [2.05, 4.69) is 4.72 Å². The Hall–Kier alpha value is -1.41. The molecule has 0 fully saturated rings. The second-order valence-corrected chi connectivity index (χ2v) is 7.74. The van der Waals surface area contributed by atoms with Crippen molar-refractivity contribution < 1.29 is 27.3 Å². The highest BCUT2D eigenvalue weighted by Gasteiger charge is 2.49. The standard InChI is InChI=1S/C14H18F3NO3S/c1-13(2,3)22(21)18-14(8-15,11(17)12(19)20)9-6-4-5-7-10(9)16/h4-7,11,18H,8H2,1-3H3,(H,19,20)/t11-,14+,22+/m0/s1. The van der Waals surface area contributed by atoms with Crippen molar-refractivity contribution in [3.05, 3.63) is 35.6 Å². The maximum Gasteiger partial charge on any atom is 0.340 e. The van der Waals surface area contributed by atoms with Crippen molar-refractivity contribution >= 4 is 17.0 Å². The first kappa shape index (κ1) is 18.6. The Kier molecular flexibility index (Phi) is 5.75. The third kappa shape index (κ3) is 3.67. The summed E-state index contributed by atoms with van der Waals surface area (Å²) in [6.45, 7) is 3.03. The third-order valence-corrected chi connectivity index (χ3v) is 4.71. The van der Waals surface area contributed by atoms with Gasteiger partial charge in [-0.1, -0.05) is 18.2 Å². The molecule has 124 valence electrons. The Morgan fingerprint density at radius 1 is 1.36 bits per heavy atom. The minimum atomic E-state index is -2.82. The highest BCUT2D eigenvalue weighted by molar-refractivity contribution is 7.84. The SMILES string of the molecule is CC(C)(C)[S@@](=O)N[C@](CF)(c1ccccc1F)[C@@H](F)C(=O)O. The van der Waals surface area contributed by atoms with Gasteiger partial charge in [0.25, 0.3) is 0 Å². The summed E-state index contributed by atoms with van der Waals surface area (Å²) in [6.07, 6.45) is -2.82. The molecule has 0 amide bonds. The number of benzene rings is 1. The molecule has 0 radical (unpaired) electrons. The smallest absolute Gasteiger partial charge is 0.340 e. The molecule has 0 saturated heterocycles. The molecule has 4 nitrogen and oxygen atoms in total. The number of carboxylic acid groups (broad SMARTS) is 1. The predicted molar refractivity (Wildman–Crippen MR) is 77.6 cm³/mol. The topological polar surface area (TPSA) is 66.4 Å². The number of hydrogen-bond donors (Lipinski definition) is 2. The molecule has 0 heterocycles. The number of carboxylic acids is 1. The molecule has 3 atom stereocenters. The second kappa shape index (κ2) is 6.78. The molecule has 1 rings (SSSR count). The van der Waals surface area contributed by atoms with Crippen LogP contribution in [0.25, 0.3) is 0 Å². The fraction of sp³-hybridized carbons (Fsp3) is 0.500. The van der Waals surface area contributed by atoms with Crippen LogP contribution in [0.5, 0.6) is 0 Å². The molecule has 1 aromatic rings. The summed E-state index contributed by atoms with van der Waals surface area (Å²) in [6, 6.07) is 4.64. The molecule has 0 aliphatic carbocycles. The number of alkyl halides is 2. The van der Waals surface area contributed by atoms with Crippen molar-refractivity contribution in [3.63, 3.8) is 0 Å². The molecule has 0 spiro atoms. The molecule has 0 aliphatic rings. The number of hydrogen-bond acceptors (Lipinski definition) is 2. The lowest BCUT2D eigenvalue weighted by molar-refractivity contribution is -0.146. The van der Waals surface area contributed by atoms with Crippen LogP contribution in [0.15, 0.2) is 24.3 Å². The van der Waals surface area contributed by atoms with Gasteiger partial charge < -0.3 is 5.11 Å². The summed E-state index contributed by atoms with van der Waals surface area (Å²) >= 11 is 0. The first-order valence-electron chi connectivity index (χ1n) is 6.44. The van der Waals surface area contributed by atoms with Crippen LogP contribution >= 0.6 is 0 Å². The Morgan fingerprint density at radius 2 is 1.91 bits per heavy atom. The highest BCUT2D eigenvalue weighted by atomic mass is 32.2. The van der Waals surface area contributed by atoms with Crippen LogP contribution < -0.4 is 4.72 Å². The first-order chi connectivity index (χ1) is 10.1. The fourth-order valence-electron chi connectivity index (χ4n) is 1.76. The summed E-state index contributed by atoms with van der Waals surface area (Å²) in [7, 11) is -2.01. The lowest BCUT2D eigenvalue weighted by atomic mass is 9.87. The summed E-state index contributed by atoms with van der Waals surface area (Å²) < 4.78 is 55.3. The average Bonchev–Trinajstić information content (AvgIpc) is 2.43. The number of nitrogens with one attached hydrogen (secondary N) is 1. The van der Waals surface area contributed by atoms with Crippen molar-refractivity contribution in [2.45, 2.75) is 37.2 Å². The zero-order valence-electron chi connectivity index (χ0n) is 12.4. The highest BCUT2D eigenvalue weighted by Crippen LogP contribution is 2.32. The maximum atomic E-state index is 14.3. The Morgan fingerprint density at radius 3 is 2.32 bits per heavy atom. The molecular formula is C14H18F3NO3S. The lowest BCUT2D eigenvalue weighted by Gasteiger charge is -2.35. The van der Waals surface area contributed by atoms with E-state index in [9.17, 15) is 22.2 Å². The first-order valence-corrected chi connectivity index (χ1v) is 7.59. The molecular weight excluding hydrogens is 319 g/mol. The van der Waals surface area contributed by atoms with Crippen LogP contribution in [0.4, 0.5) is 13.2 Å². The van der Waals surface area contributed by atoms with E-state index in [1.54, 1.807) is 0 Å². The van der Waals surface area contributed by atoms with Crippen molar-refractivity contribution in [1.82, 2.24) is 4.72 Å². The van der Waals surface area contributed by atoms with Gasteiger partial charge in [0, 0.05) is 5.56 Å². The zero-order valence-corrected chi connectivity index (χ0v) is 13.2. The Labute approximate surface area is 129 Å². The predicted octanol–water partition coefficient (Wildman–Crippen LogP) is 2.46. The molecule has 0 unspecified atom stereocenters. The van der Waals surface area contributed by atoms with E-state index >= 15 is 0 Å². The minimum absolute atomic E-state index is 0.523. The van der Waals surface area contributed by atoms with E-state index < -0.39 is 51.5 Å². The van der Waals surface area contributed by atoms with Crippen molar-refractivity contribution in [3.8, 4) is 0 Å². The van der Waals surface area contributed by atoms with Gasteiger partial charge in [0.1, 0.15) is 18.0 Å². The van der Waals surface area contributed by atoms with Crippen LogP contribution in [-0.2, 0) is 21.3 Å². The zero-order chi connectivity index (χ0) is 17.1. The van der Waals surface area contributed by atoms with Gasteiger partial charge >= 0.3 is 5.97 Å². The summed E-state index contributed by atoms with van der Waals surface area (Å²) in [5.41, 5.74) is -3.10. The Bertz CT molecular complexity index is 577. The number of aliphatic carboxylic acids is 1. The second-order valence-electron chi connectivity index (χ2n) is 5.77. The van der Waals surface area contributed by atoms with Crippen LogP contribution in [-0.4, -0.2) is 32.9 Å². The molecule has 8 heteroatoms. The summed E-state index contributed by atoms with van der Waals surface area (Å²) in [5.74, 6) is -2.96. The van der Waals surface area contributed by atoms with Crippen molar-refractivity contribution in [2.75, 3.05) is 6.67 Å². The van der Waals surface area contributed by atoms with Gasteiger partial charge in [-0.05, 0) is 26.8 Å². The van der Waals surface area contributed by atoms with Gasteiger partial charge in [0.05, 0.1) is 15.7 Å². The Balaban J connectivity index is 3.47. The van der Waals surface area contributed by atoms with Crippen molar-refractivity contribution in [1.29, 1.82) is 0 Å². The molecule has 2 N–H and O–H groups in total. The van der Waals surface area contributed by atoms with Gasteiger partial charge in [-0.25, -0.2) is 26.9 Å². The van der Waals surface area contributed by atoms with Crippen LogP contribution in [0.2, 0.25) is 0 Å². The van der Waals surface area contributed by atoms with Crippen LogP contribution in [0, 0.1) is 5.82 Å². The quantitative estimate of drug-likeness (QED) is 0.838. The largest absolute Gasteiger partial charge is 0.479 e. The minimum Gasteiger partial charge on any atom is -0.479 e. The molecule has 0 aliphatic heterocycles. The van der Waals surface area contributed by atoms with Crippen molar-refractivity contribution in [2.24, 2.45) is 0 Å². The molecule has 22 heavy (non-hydrogen) atoms.